The van der Waals surface area contributed by atoms with E-state index in [1.807, 2.05) is 44.2 Å². The van der Waals surface area contributed by atoms with E-state index in [-0.39, 0.29) is 16.1 Å². The monoisotopic (exact) mass is 917 g/mol. The lowest BCUT2D eigenvalue weighted by Crippen LogP contribution is -2.33. The third-order valence-electron chi connectivity index (χ3n) is 12.5. The Bertz CT molecular complexity index is 2080. The zero-order valence-electron chi connectivity index (χ0n) is 40.2. The Morgan fingerprint density at radius 1 is 0.587 bits per heavy atom. The molecule has 0 aliphatic rings. The highest BCUT2D eigenvalue weighted by Gasteiger charge is 2.37. The largest absolute Gasteiger partial charge is 0.746 e. The maximum absolute atomic E-state index is 12.7. The molecule has 0 heterocycles. The molecule has 0 saturated carbocycles. The molecule has 0 aliphatic heterocycles. The van der Waals surface area contributed by atoms with Gasteiger partial charge in [0, 0.05) is 6.61 Å². The average Bonchev–Trinajstić information content (AvgIpc) is 3.30. The summed E-state index contributed by atoms with van der Waals surface area (Å²) in [6.45, 7) is 21.1. The van der Waals surface area contributed by atoms with Gasteiger partial charge in [-0.25, -0.2) is 0 Å². The lowest BCUT2D eigenvalue weighted by molar-refractivity contribution is -0.221. The van der Waals surface area contributed by atoms with E-state index in [1.54, 1.807) is 21.1 Å². The predicted molar refractivity (Wildman–Crippen MR) is 267 cm³/mol. The molecule has 0 amide bonds. The molecule has 10 heteroatoms. The Balaban J connectivity index is 1.41. The van der Waals surface area contributed by atoms with Crippen molar-refractivity contribution in [1.82, 2.24) is 0 Å². The van der Waals surface area contributed by atoms with E-state index < -0.39 is 13.4 Å². The van der Waals surface area contributed by atoms with Crippen molar-refractivity contribution >= 4 is 28.5 Å². The molecule has 0 N–H and O–H groups in total. The second kappa shape index (κ2) is 27.0. The van der Waals surface area contributed by atoms with Crippen molar-refractivity contribution in [3.05, 3.63) is 152 Å². The molecule has 3 rings (SSSR count). The summed E-state index contributed by atoms with van der Waals surface area (Å²) in [7, 11) is -1.19. The molecular weight excluding hydrogens is 844 g/mol. The van der Waals surface area contributed by atoms with Gasteiger partial charge in [-0.2, -0.15) is 0 Å². The number of benzene rings is 3. The summed E-state index contributed by atoms with van der Waals surface area (Å²) in [5.41, 5.74) is 11.4. The Morgan fingerprint density at radius 3 is 1.46 bits per heavy atom. The van der Waals surface area contributed by atoms with Gasteiger partial charge in [-0.3, -0.25) is 4.57 Å². The molecule has 63 heavy (non-hydrogen) atoms. The molecule has 3 aromatic carbocycles. The minimum absolute atomic E-state index is 0.0551. The normalized spacial score (nSPS) is 15.3. The third kappa shape index (κ3) is 16.1. The summed E-state index contributed by atoms with van der Waals surface area (Å²) in [6.07, 6.45) is 9.89. The molecule has 0 aromatic heterocycles. The molecule has 0 aliphatic carbocycles. The predicted octanol–water partition coefficient (Wildman–Crippen LogP) is 14.0. The molecule has 3 aromatic rings. The molecule has 2 unspecified atom stereocenters. The van der Waals surface area contributed by atoms with Crippen LogP contribution in [0.15, 0.2) is 135 Å². The highest BCUT2D eigenvalue weighted by Crippen LogP contribution is 2.44. The summed E-state index contributed by atoms with van der Waals surface area (Å²) >= 11 is 5.84. The first-order valence-electron chi connectivity index (χ1n) is 22.4. The lowest BCUT2D eigenvalue weighted by atomic mass is 9.80. The van der Waals surface area contributed by atoms with Crippen molar-refractivity contribution in [3.8, 4) is 11.5 Å². The number of ether oxygens (including phenoxy) is 3. The van der Waals surface area contributed by atoms with E-state index in [4.69, 9.17) is 34.4 Å². The van der Waals surface area contributed by atoms with Gasteiger partial charge in [0.2, 0.25) is 0 Å². The summed E-state index contributed by atoms with van der Waals surface area (Å²) < 4.78 is 41.4. The summed E-state index contributed by atoms with van der Waals surface area (Å²) in [5, 5.41) is 0. The SMILES string of the molecule is C/C=C(C)/C(C)=C(C)\C(C)=C(C)/C(C)=C(C)/C(C)=C(\C)OP(=O)([O-])OCCCCCCS(=S)CCCCCCOC(c1ccccc1)(c1ccc(OC)cc1)c1ccc(OC)cc1. The summed E-state index contributed by atoms with van der Waals surface area (Å²) in [4.78, 5) is 12.7. The highest BCUT2D eigenvalue weighted by molar-refractivity contribution is 8.28. The van der Waals surface area contributed by atoms with Crippen molar-refractivity contribution in [1.29, 1.82) is 0 Å². The van der Waals surface area contributed by atoms with Crippen LogP contribution in [0, 0.1) is 0 Å². The van der Waals surface area contributed by atoms with Gasteiger partial charge >= 0.3 is 7.82 Å². The smallest absolute Gasteiger partial charge is 0.319 e. The molecule has 0 fully saturated rings. The maximum atomic E-state index is 12.7. The van der Waals surface area contributed by atoms with E-state index in [0.29, 0.717) is 18.8 Å². The standard InChI is InChI=1S/C53H75O7PS2/c1-13-39(2)40(3)41(4)42(5)43(6)44(7)45(8)46(9)47(10)60-61(54,55)59-36-22-15-17-24-38-63(62)37-23-16-14-21-35-58-53(48-25-19-18-20-26-48,49-27-31-51(56-11)32-28-49)50-29-33-52(57-12)34-30-50/h13,18-20,25-34H,14-17,21-24,35-38H2,1-12H3,(H,54,55)/p-1/b39-13+,41-40-,43-42-,45-44+,47-46+. The number of phosphoric ester groups is 1. The van der Waals surface area contributed by atoms with Crippen LogP contribution in [0.1, 0.15) is 137 Å². The van der Waals surface area contributed by atoms with Crippen LogP contribution in [0.3, 0.4) is 0 Å². The van der Waals surface area contributed by atoms with Crippen LogP contribution in [0.5, 0.6) is 11.5 Å². The van der Waals surface area contributed by atoms with Gasteiger partial charge in [-0.1, -0.05) is 103 Å². The fourth-order valence-corrected chi connectivity index (χ4v) is 10.3. The number of hydrogen-bond acceptors (Lipinski definition) is 8. The lowest BCUT2D eigenvalue weighted by Gasteiger charge is -2.36. The van der Waals surface area contributed by atoms with Crippen LogP contribution >= 0.6 is 7.82 Å². The fourth-order valence-electron chi connectivity index (χ4n) is 7.46. The van der Waals surface area contributed by atoms with Gasteiger partial charge in [0.15, 0.2) is 0 Å². The second-order valence-electron chi connectivity index (χ2n) is 16.3. The summed E-state index contributed by atoms with van der Waals surface area (Å²) in [5.74, 6) is 3.99. The zero-order valence-corrected chi connectivity index (χ0v) is 42.7. The number of hydrogen-bond donors (Lipinski definition) is 0. The van der Waals surface area contributed by atoms with E-state index in [2.05, 4.69) is 103 Å². The molecule has 0 saturated heterocycles. The molecule has 7 nitrogen and oxygen atoms in total. The molecule has 346 valence electrons. The minimum Gasteiger partial charge on any atom is -0.746 e. The first kappa shape index (κ1) is 53.8. The van der Waals surface area contributed by atoms with Crippen LogP contribution in [0.25, 0.3) is 0 Å². The van der Waals surface area contributed by atoms with E-state index in [1.165, 1.54) is 27.9 Å². The van der Waals surface area contributed by atoms with Crippen molar-refractivity contribution in [2.24, 2.45) is 0 Å². The van der Waals surface area contributed by atoms with Crippen molar-refractivity contribution < 1.29 is 32.7 Å². The van der Waals surface area contributed by atoms with E-state index in [9.17, 15) is 9.46 Å². The van der Waals surface area contributed by atoms with Crippen LogP contribution in [-0.2, 0) is 44.6 Å². The first-order chi connectivity index (χ1) is 30.0. The third-order valence-corrected chi connectivity index (χ3v) is 15.9. The topological polar surface area (TPSA) is 86.3 Å². The highest BCUT2D eigenvalue weighted by atomic mass is 32.8. The van der Waals surface area contributed by atoms with E-state index in [0.717, 1.165) is 101 Å². The zero-order chi connectivity index (χ0) is 46.6. The Kier molecular flexibility index (Phi) is 23.1. The van der Waals surface area contributed by atoms with Gasteiger partial charge < -0.3 is 28.2 Å². The Morgan fingerprint density at radius 2 is 1.00 bits per heavy atom. The quantitative estimate of drug-likeness (QED) is 0.0246. The fraction of sp³-hybridized carbons (Fsp3) is 0.472. The van der Waals surface area contributed by atoms with Gasteiger partial charge in [-0.05, 0) is 186 Å². The number of phosphoric acid groups is 1. The maximum Gasteiger partial charge on any atom is 0.319 e. The van der Waals surface area contributed by atoms with Gasteiger partial charge in [0.1, 0.15) is 22.9 Å². The Labute approximate surface area is 387 Å². The van der Waals surface area contributed by atoms with Crippen LogP contribution in [0.4, 0.5) is 0 Å². The molecule has 0 radical (unpaired) electrons. The van der Waals surface area contributed by atoms with Crippen molar-refractivity contribution in [2.75, 3.05) is 38.9 Å². The molecule has 0 bridgehead atoms. The van der Waals surface area contributed by atoms with Crippen LogP contribution < -0.4 is 14.4 Å². The van der Waals surface area contributed by atoms with Crippen LogP contribution in [0.2, 0.25) is 0 Å². The molecule has 2 atom stereocenters. The van der Waals surface area contributed by atoms with Crippen molar-refractivity contribution in [2.45, 2.75) is 126 Å². The summed E-state index contributed by atoms with van der Waals surface area (Å²) in [6, 6.07) is 26.7. The van der Waals surface area contributed by atoms with Gasteiger partial charge in [0.25, 0.3) is 0 Å². The molecular formula is C53H74O7PS2-. The molecule has 0 spiro atoms. The van der Waals surface area contributed by atoms with Crippen molar-refractivity contribution in [3.63, 3.8) is 0 Å². The number of rotatable bonds is 27. The Hall–Kier alpha value is -3.56. The van der Waals surface area contributed by atoms with Gasteiger partial charge in [-0.15, -0.1) is 9.45 Å². The average molecular weight is 918 g/mol. The number of unbranched alkanes of at least 4 members (excludes halogenated alkanes) is 6. The van der Waals surface area contributed by atoms with Crippen LogP contribution in [-0.4, -0.2) is 38.9 Å². The van der Waals surface area contributed by atoms with Gasteiger partial charge in [0.05, 0.1) is 20.8 Å². The van der Waals surface area contributed by atoms with E-state index >= 15 is 0 Å². The minimum atomic E-state index is -4.50. The second-order valence-corrected chi connectivity index (χ2v) is 20.7. The number of methoxy groups -OCH3 is 2. The first-order valence-corrected chi connectivity index (χ1v) is 26.3. The number of allylic oxidation sites excluding steroid dienone is 10.